The minimum atomic E-state index is -0.131. The van der Waals surface area contributed by atoms with E-state index in [1.54, 1.807) is 0 Å². The van der Waals surface area contributed by atoms with Gasteiger partial charge in [-0.1, -0.05) is 287 Å². The minimum Gasteiger partial charge on any atom is -0.311 e. The number of benzene rings is 11. The molecular weight excluding hydrogens is 1260 g/mol. The molecule has 0 unspecified atom stereocenters. The van der Waals surface area contributed by atoms with Gasteiger partial charge in [0, 0.05) is 67.6 Å². The summed E-state index contributed by atoms with van der Waals surface area (Å²) in [6.45, 7) is 55.7. The fourth-order valence-electron chi connectivity index (χ4n) is 15.8. The number of aromatic nitrogens is 1. The van der Waals surface area contributed by atoms with Crippen molar-refractivity contribution in [3.8, 4) is 5.69 Å². The third-order valence-corrected chi connectivity index (χ3v) is 22.2. The van der Waals surface area contributed by atoms with Gasteiger partial charge in [-0.3, -0.25) is 0 Å². The molecule has 5 nitrogen and oxygen atoms in total. The number of anilines is 12. The van der Waals surface area contributed by atoms with Crippen LogP contribution in [0.5, 0.6) is 0 Å². The van der Waals surface area contributed by atoms with E-state index in [2.05, 4.69) is 421 Å². The lowest BCUT2D eigenvalue weighted by Crippen LogP contribution is -2.61. The molecule has 1 aromatic heterocycles. The highest BCUT2D eigenvalue weighted by molar-refractivity contribution is 7.00. The zero-order valence-electron chi connectivity index (χ0n) is 66.8. The zero-order valence-corrected chi connectivity index (χ0v) is 66.8. The van der Waals surface area contributed by atoms with Crippen LogP contribution < -0.4 is 36.0 Å². The van der Waals surface area contributed by atoms with Crippen LogP contribution in [0.4, 0.5) is 68.2 Å². The van der Waals surface area contributed by atoms with Crippen LogP contribution in [0.1, 0.15) is 211 Å². The van der Waals surface area contributed by atoms with Crippen LogP contribution in [0.2, 0.25) is 0 Å². The van der Waals surface area contributed by atoms with Crippen molar-refractivity contribution in [2.24, 2.45) is 0 Å². The Labute approximate surface area is 623 Å². The molecule has 11 aromatic carbocycles. The fourth-order valence-corrected chi connectivity index (χ4v) is 15.8. The van der Waals surface area contributed by atoms with Crippen molar-refractivity contribution >= 4 is 113 Å². The number of hydrogen-bond acceptors (Lipinski definition) is 4. The van der Waals surface area contributed by atoms with Gasteiger partial charge in [-0.05, 0) is 213 Å². The summed E-state index contributed by atoms with van der Waals surface area (Å²) >= 11 is 0. The lowest BCUT2D eigenvalue weighted by Gasteiger charge is -2.45. The van der Waals surface area contributed by atoms with Crippen LogP contribution in [-0.2, 0) is 43.3 Å². The second-order valence-corrected chi connectivity index (χ2v) is 38.2. The maximum absolute atomic E-state index is 2.68. The molecule has 104 heavy (non-hydrogen) atoms. The molecule has 0 amide bonds. The molecule has 0 radical (unpaired) electrons. The second-order valence-electron chi connectivity index (χ2n) is 38.2. The summed E-state index contributed by atoms with van der Waals surface area (Å²) in [4.78, 5) is 10.3. The smallest absolute Gasteiger partial charge is 0.252 e. The van der Waals surface area contributed by atoms with E-state index in [1.165, 1.54) is 72.3 Å². The zero-order chi connectivity index (χ0) is 74.5. The lowest BCUT2D eigenvalue weighted by atomic mass is 9.33. The van der Waals surface area contributed by atoms with Gasteiger partial charge in [0.2, 0.25) is 0 Å². The normalized spacial score (nSPS) is 13.7. The summed E-state index contributed by atoms with van der Waals surface area (Å²) in [6.07, 6.45) is 0. The molecule has 2 aliphatic rings. The van der Waals surface area contributed by atoms with E-state index in [1.807, 2.05) is 0 Å². The van der Waals surface area contributed by atoms with Gasteiger partial charge in [0.25, 0.3) is 6.71 Å². The summed E-state index contributed by atoms with van der Waals surface area (Å²) in [7, 11) is 0. The van der Waals surface area contributed by atoms with Crippen molar-refractivity contribution in [3.63, 3.8) is 0 Å². The van der Waals surface area contributed by atoms with Crippen molar-refractivity contribution in [3.05, 3.63) is 275 Å². The third kappa shape index (κ3) is 12.9. The summed E-state index contributed by atoms with van der Waals surface area (Å²) < 4.78 is 2.68. The van der Waals surface area contributed by atoms with Gasteiger partial charge in [0.15, 0.2) is 0 Å². The van der Waals surface area contributed by atoms with Crippen molar-refractivity contribution in [1.82, 2.24) is 4.57 Å². The first-order chi connectivity index (χ1) is 48.6. The summed E-state index contributed by atoms with van der Waals surface area (Å²) in [5, 5.41) is 2.31. The van der Waals surface area contributed by atoms with Crippen LogP contribution >= 0.6 is 0 Å². The average molecular weight is 1370 g/mol. The molecule has 6 heteroatoms. The van der Waals surface area contributed by atoms with Gasteiger partial charge in [0.1, 0.15) is 0 Å². The number of hydrogen-bond donors (Lipinski definition) is 0. The monoisotopic (exact) mass is 1370 g/mol. The molecule has 0 fully saturated rings. The molecule has 0 saturated carbocycles. The van der Waals surface area contributed by atoms with Crippen LogP contribution in [0.25, 0.3) is 27.5 Å². The van der Waals surface area contributed by atoms with E-state index in [0.29, 0.717) is 0 Å². The van der Waals surface area contributed by atoms with Crippen molar-refractivity contribution in [2.75, 3.05) is 19.6 Å². The molecule has 0 N–H and O–H groups in total. The first kappa shape index (κ1) is 71.5. The van der Waals surface area contributed by atoms with E-state index < -0.39 is 0 Å². The van der Waals surface area contributed by atoms with Gasteiger partial charge < -0.3 is 24.2 Å². The van der Waals surface area contributed by atoms with Crippen LogP contribution in [0.3, 0.4) is 0 Å². The van der Waals surface area contributed by atoms with E-state index in [-0.39, 0.29) is 50.0 Å². The Hall–Kier alpha value is -9.52. The van der Waals surface area contributed by atoms with Crippen molar-refractivity contribution < 1.29 is 0 Å². The van der Waals surface area contributed by atoms with E-state index in [9.17, 15) is 0 Å². The Morgan fingerprint density at radius 1 is 0.240 bits per heavy atom. The highest BCUT2D eigenvalue weighted by Gasteiger charge is 2.45. The standard InChI is InChI=1S/C98H110BN5/c1-91(2,3)63-31-45-71(46-32-63)100(72-47-33-64(34-48-72)92(4,5)6)84-29-25-27-78-79-28-26-30-85(101(73-49-35-65(36-50-73)93(7,8)9)74-51-37-66(38-52-74)94(10,11)12)90(79)104(89(78)84)77-61-86-88-87(62-77)103(76-55-41-68(42-56-76)96(16,17)18)83-58-44-70(98(22,23)24)60-81(83)99(88)80-59-69(97(19,20)21)43-57-82(80)102(86)75-53-39-67(40-54-75)95(13,14)15/h25-62H,1-24H3. The molecule has 0 aliphatic carbocycles. The Bertz CT molecular complexity index is 4790. The summed E-state index contributed by atoms with van der Waals surface area (Å²) in [5.41, 5.74) is 30.4. The fraction of sp³-hybridized carbons (Fsp3) is 0.327. The van der Waals surface area contributed by atoms with Crippen molar-refractivity contribution in [1.29, 1.82) is 0 Å². The van der Waals surface area contributed by atoms with Gasteiger partial charge in [0.05, 0.1) is 28.1 Å². The quantitative estimate of drug-likeness (QED) is 0.134. The van der Waals surface area contributed by atoms with Gasteiger partial charge in [-0.25, -0.2) is 0 Å². The first-order valence-corrected chi connectivity index (χ1v) is 38.0. The van der Waals surface area contributed by atoms with Gasteiger partial charge in [-0.15, -0.1) is 0 Å². The van der Waals surface area contributed by atoms with E-state index in [0.717, 1.165) is 84.4 Å². The van der Waals surface area contributed by atoms with Crippen LogP contribution in [0, 0.1) is 0 Å². The molecule has 530 valence electrons. The van der Waals surface area contributed by atoms with Gasteiger partial charge in [-0.2, -0.15) is 0 Å². The Balaban J connectivity index is 1.19. The predicted octanol–water partition coefficient (Wildman–Crippen LogP) is 26.2. The largest absolute Gasteiger partial charge is 0.311 e. The van der Waals surface area contributed by atoms with Crippen LogP contribution in [0.15, 0.2) is 231 Å². The molecule has 0 atom stereocenters. The number of para-hydroxylation sites is 2. The Kier molecular flexibility index (Phi) is 17.3. The average Bonchev–Trinajstić information content (AvgIpc) is 1.06. The maximum atomic E-state index is 2.68. The highest BCUT2D eigenvalue weighted by Crippen LogP contribution is 2.53. The number of nitrogens with zero attached hydrogens (tertiary/aromatic N) is 5. The predicted molar refractivity (Wildman–Crippen MR) is 454 cm³/mol. The maximum Gasteiger partial charge on any atom is 0.252 e. The molecule has 0 spiro atoms. The van der Waals surface area contributed by atoms with Crippen molar-refractivity contribution in [2.45, 2.75) is 209 Å². The van der Waals surface area contributed by atoms with E-state index in [4.69, 9.17) is 0 Å². The van der Waals surface area contributed by atoms with Gasteiger partial charge >= 0.3 is 0 Å². The number of fused-ring (bicyclic) bond motifs is 7. The summed E-state index contributed by atoms with van der Waals surface area (Å²) in [5.74, 6) is 0. The molecule has 12 aromatic rings. The topological polar surface area (TPSA) is 17.9 Å². The molecule has 3 heterocycles. The second kappa shape index (κ2) is 25.1. The summed E-state index contributed by atoms with van der Waals surface area (Å²) in [6, 6.07) is 90.6. The Morgan fingerprint density at radius 2 is 0.490 bits per heavy atom. The molecule has 0 bridgehead atoms. The first-order valence-electron chi connectivity index (χ1n) is 38.0. The SMILES string of the molecule is CC(C)(C)c1ccc(N2c3ccc(C(C)(C)C)cc3B3c4cc(C(C)(C)C)ccc4N(c4ccc(C(C)(C)C)cc4)c4cc(-n5c6c(N(c7ccc(C(C)(C)C)cc7)c7ccc(C(C)(C)C)cc7)cccc6c6cccc(N(c7ccc(C(C)(C)C)cc7)c7ccc(C(C)(C)C)cc7)c65)cc2c43)cc1. The molecule has 2 aliphatic heterocycles. The third-order valence-electron chi connectivity index (χ3n) is 22.2. The Morgan fingerprint density at radius 3 is 0.750 bits per heavy atom. The lowest BCUT2D eigenvalue weighted by molar-refractivity contribution is 0.590. The minimum absolute atomic E-state index is 0.0475. The molecule has 14 rings (SSSR count). The molecule has 0 saturated heterocycles. The molecular formula is C98H110BN5. The van der Waals surface area contributed by atoms with E-state index >= 15 is 0 Å². The number of rotatable bonds is 9. The van der Waals surface area contributed by atoms with Crippen LogP contribution in [-0.4, -0.2) is 11.3 Å². The highest BCUT2D eigenvalue weighted by atomic mass is 15.2.